The number of nitrogens with zero attached hydrogens (tertiary/aromatic N) is 1. The molecule has 5 heteroatoms. The summed E-state index contributed by atoms with van der Waals surface area (Å²) in [4.78, 5) is 16.2. The van der Waals surface area contributed by atoms with Crippen molar-refractivity contribution >= 4 is 23.6 Å². The Morgan fingerprint density at radius 3 is 2.88 bits per heavy atom. The van der Waals surface area contributed by atoms with E-state index in [0.717, 1.165) is 16.8 Å². The van der Waals surface area contributed by atoms with Crippen LogP contribution in [-0.4, -0.2) is 10.9 Å². The van der Waals surface area contributed by atoms with E-state index in [9.17, 15) is 4.79 Å². The van der Waals surface area contributed by atoms with Crippen LogP contribution in [0.15, 0.2) is 71.5 Å². The van der Waals surface area contributed by atoms with Gasteiger partial charge in [-0.05, 0) is 47.5 Å². The lowest BCUT2D eigenvalue weighted by Gasteiger charge is -2.04. The van der Waals surface area contributed by atoms with E-state index in [2.05, 4.69) is 10.3 Å². The van der Waals surface area contributed by atoms with E-state index < -0.39 is 0 Å². The highest BCUT2D eigenvalue weighted by Gasteiger charge is 2.04. The van der Waals surface area contributed by atoms with E-state index in [-0.39, 0.29) is 5.91 Å². The summed E-state index contributed by atoms with van der Waals surface area (Å²) < 4.78 is 5.33. The molecule has 0 aliphatic rings. The minimum absolute atomic E-state index is 0.189. The average Bonchev–Trinajstić information content (AvgIpc) is 3.14. The molecule has 1 aromatic carbocycles. The molecule has 0 fully saturated rings. The summed E-state index contributed by atoms with van der Waals surface area (Å²) >= 11 is 6.05. The average molecular weight is 339 g/mol. The van der Waals surface area contributed by atoms with Gasteiger partial charge in [0.2, 0.25) is 5.91 Å². The maximum Gasteiger partial charge on any atom is 0.244 e. The topological polar surface area (TPSA) is 55.1 Å². The second-order valence-electron chi connectivity index (χ2n) is 5.10. The molecule has 3 aromatic rings. The molecular weight excluding hydrogens is 324 g/mol. The molecule has 0 spiro atoms. The van der Waals surface area contributed by atoms with Gasteiger partial charge in [-0.1, -0.05) is 29.8 Å². The molecule has 24 heavy (non-hydrogen) atoms. The van der Waals surface area contributed by atoms with Crippen LogP contribution in [0.3, 0.4) is 0 Å². The zero-order valence-electron chi connectivity index (χ0n) is 12.8. The van der Waals surface area contributed by atoms with Crippen molar-refractivity contribution < 1.29 is 9.21 Å². The van der Waals surface area contributed by atoms with Crippen LogP contribution in [0.2, 0.25) is 5.02 Å². The third-order valence-electron chi connectivity index (χ3n) is 3.38. The fourth-order valence-corrected chi connectivity index (χ4v) is 2.37. The van der Waals surface area contributed by atoms with E-state index in [0.29, 0.717) is 17.3 Å². The molecule has 2 heterocycles. The first kappa shape index (κ1) is 16.0. The predicted molar refractivity (Wildman–Crippen MR) is 94.3 cm³/mol. The number of furan rings is 1. The van der Waals surface area contributed by atoms with E-state index in [4.69, 9.17) is 16.0 Å². The van der Waals surface area contributed by atoms with Crippen molar-refractivity contribution in [3.05, 3.63) is 83.2 Å². The number of rotatable bonds is 5. The first-order valence-electron chi connectivity index (χ1n) is 7.41. The summed E-state index contributed by atoms with van der Waals surface area (Å²) in [6, 6.07) is 14.7. The van der Waals surface area contributed by atoms with E-state index in [1.54, 1.807) is 24.6 Å². The van der Waals surface area contributed by atoms with Gasteiger partial charge in [0.05, 0.1) is 6.26 Å². The van der Waals surface area contributed by atoms with Crippen LogP contribution < -0.4 is 5.32 Å². The van der Waals surface area contributed by atoms with Crippen molar-refractivity contribution in [2.24, 2.45) is 0 Å². The minimum atomic E-state index is -0.189. The number of hydrogen-bond donors (Lipinski definition) is 1. The van der Waals surface area contributed by atoms with Gasteiger partial charge in [0.1, 0.15) is 5.69 Å². The van der Waals surface area contributed by atoms with E-state index in [1.165, 1.54) is 6.08 Å². The molecule has 0 aliphatic carbocycles. The Balaban J connectivity index is 1.61. The zero-order chi connectivity index (χ0) is 16.8. The normalized spacial score (nSPS) is 10.9. The summed E-state index contributed by atoms with van der Waals surface area (Å²) in [6.45, 7) is 0.405. The lowest BCUT2D eigenvalue weighted by atomic mass is 10.2. The third kappa shape index (κ3) is 4.12. The van der Waals surface area contributed by atoms with Gasteiger partial charge in [-0.25, -0.2) is 0 Å². The minimum Gasteiger partial charge on any atom is -0.463 e. The van der Waals surface area contributed by atoms with Crippen LogP contribution in [0.5, 0.6) is 0 Å². The number of carbonyl (C=O) groups is 1. The monoisotopic (exact) mass is 338 g/mol. The number of nitrogens with one attached hydrogen (secondary N) is 1. The summed E-state index contributed by atoms with van der Waals surface area (Å²) in [5.41, 5.74) is 2.48. The number of halogens is 1. The zero-order valence-corrected chi connectivity index (χ0v) is 13.5. The first-order valence-corrected chi connectivity index (χ1v) is 7.79. The first-order chi connectivity index (χ1) is 11.7. The largest absolute Gasteiger partial charge is 0.463 e. The number of amides is 1. The lowest BCUT2D eigenvalue weighted by Crippen LogP contribution is -2.20. The maximum absolute atomic E-state index is 11.9. The predicted octanol–water partition coefficient (Wildman–Crippen LogP) is 4.32. The number of pyridine rings is 1. The molecule has 0 saturated heterocycles. The Morgan fingerprint density at radius 2 is 2.08 bits per heavy atom. The standard InChI is InChI=1S/C19H15ClN2O2/c20-16-5-2-1-4-15(16)7-8-19(23)22-13-14-9-10-21-17(12-14)18-6-3-11-24-18/h1-12H,13H2,(H,22,23). The molecule has 1 N–H and O–H groups in total. The van der Waals surface area contributed by atoms with Gasteiger partial charge in [-0.15, -0.1) is 0 Å². The SMILES string of the molecule is O=C(C=Cc1ccccc1Cl)NCc1ccnc(-c2ccco2)c1. The Kier molecular flexibility index (Phi) is 5.08. The van der Waals surface area contributed by atoms with Crippen LogP contribution >= 0.6 is 11.6 Å². The number of carbonyl (C=O) groups excluding carboxylic acids is 1. The fraction of sp³-hybridized carbons (Fsp3) is 0.0526. The molecular formula is C19H15ClN2O2. The Labute approximate surface area is 144 Å². The molecule has 0 atom stereocenters. The Hall–Kier alpha value is -2.85. The van der Waals surface area contributed by atoms with Gasteiger partial charge in [0.25, 0.3) is 0 Å². The lowest BCUT2D eigenvalue weighted by molar-refractivity contribution is -0.116. The van der Waals surface area contributed by atoms with Crippen LogP contribution in [0, 0.1) is 0 Å². The van der Waals surface area contributed by atoms with E-state index in [1.807, 2.05) is 42.5 Å². The molecule has 4 nitrogen and oxygen atoms in total. The molecule has 120 valence electrons. The van der Waals surface area contributed by atoms with Crippen molar-refractivity contribution in [1.82, 2.24) is 10.3 Å². The molecule has 0 bridgehead atoms. The van der Waals surface area contributed by atoms with Gasteiger partial charge in [0, 0.05) is 23.8 Å². The highest BCUT2D eigenvalue weighted by molar-refractivity contribution is 6.32. The molecule has 2 aromatic heterocycles. The van der Waals surface area contributed by atoms with Crippen LogP contribution in [0.4, 0.5) is 0 Å². The Bertz CT molecular complexity index is 857. The van der Waals surface area contributed by atoms with Gasteiger partial charge in [-0.3, -0.25) is 9.78 Å². The summed E-state index contributed by atoms with van der Waals surface area (Å²) in [5.74, 6) is 0.507. The molecule has 3 rings (SSSR count). The number of benzene rings is 1. The van der Waals surface area contributed by atoms with Crippen LogP contribution in [0.25, 0.3) is 17.5 Å². The van der Waals surface area contributed by atoms with Crippen LogP contribution in [0.1, 0.15) is 11.1 Å². The van der Waals surface area contributed by atoms with Crippen molar-refractivity contribution in [1.29, 1.82) is 0 Å². The quantitative estimate of drug-likeness (QED) is 0.705. The summed E-state index contributed by atoms with van der Waals surface area (Å²) in [6.07, 6.45) is 6.46. The maximum atomic E-state index is 11.9. The van der Waals surface area contributed by atoms with Crippen molar-refractivity contribution in [3.8, 4) is 11.5 Å². The molecule has 1 amide bonds. The molecule has 0 radical (unpaired) electrons. The fourth-order valence-electron chi connectivity index (χ4n) is 2.17. The van der Waals surface area contributed by atoms with Gasteiger partial charge >= 0.3 is 0 Å². The van der Waals surface area contributed by atoms with Gasteiger partial charge in [-0.2, -0.15) is 0 Å². The summed E-state index contributed by atoms with van der Waals surface area (Å²) in [5, 5.41) is 3.44. The van der Waals surface area contributed by atoms with Crippen molar-refractivity contribution in [3.63, 3.8) is 0 Å². The second-order valence-corrected chi connectivity index (χ2v) is 5.51. The van der Waals surface area contributed by atoms with Crippen molar-refractivity contribution in [2.45, 2.75) is 6.54 Å². The summed E-state index contributed by atoms with van der Waals surface area (Å²) in [7, 11) is 0. The third-order valence-corrected chi connectivity index (χ3v) is 3.73. The number of hydrogen-bond acceptors (Lipinski definition) is 3. The van der Waals surface area contributed by atoms with Gasteiger partial charge in [0.15, 0.2) is 5.76 Å². The van der Waals surface area contributed by atoms with Crippen LogP contribution in [-0.2, 0) is 11.3 Å². The molecule has 0 saturated carbocycles. The highest BCUT2D eigenvalue weighted by atomic mass is 35.5. The van der Waals surface area contributed by atoms with E-state index >= 15 is 0 Å². The number of aromatic nitrogens is 1. The second kappa shape index (κ2) is 7.62. The van der Waals surface area contributed by atoms with Crippen molar-refractivity contribution in [2.75, 3.05) is 0 Å². The molecule has 0 aliphatic heterocycles. The van der Waals surface area contributed by atoms with Gasteiger partial charge < -0.3 is 9.73 Å². The smallest absolute Gasteiger partial charge is 0.244 e. The Morgan fingerprint density at radius 1 is 1.21 bits per heavy atom. The highest BCUT2D eigenvalue weighted by Crippen LogP contribution is 2.18. The molecule has 0 unspecified atom stereocenters.